The van der Waals surface area contributed by atoms with Crippen molar-refractivity contribution in [1.82, 2.24) is 20.6 Å². The van der Waals surface area contributed by atoms with Crippen LogP contribution in [0.5, 0.6) is 0 Å². The lowest BCUT2D eigenvalue weighted by Gasteiger charge is -2.08. The first-order valence-electron chi connectivity index (χ1n) is 8.49. The van der Waals surface area contributed by atoms with Gasteiger partial charge in [-0.05, 0) is 32.2 Å². The highest BCUT2D eigenvalue weighted by Gasteiger charge is 2.18. The number of benzene rings is 2. The van der Waals surface area contributed by atoms with E-state index in [1.807, 2.05) is 30.3 Å². The van der Waals surface area contributed by atoms with E-state index in [9.17, 15) is 18.0 Å². The number of nitrogens with zero attached hydrogens (tertiary/aromatic N) is 1. The molecular weight excluding hydrogens is 412 g/mol. The van der Waals surface area contributed by atoms with Crippen LogP contribution in [0.25, 0.3) is 10.6 Å². The molecule has 0 fully saturated rings. The van der Waals surface area contributed by atoms with E-state index in [1.54, 1.807) is 6.92 Å². The van der Waals surface area contributed by atoms with Crippen molar-refractivity contribution in [3.8, 4) is 10.6 Å². The topological polar surface area (TPSA) is 117 Å². The maximum absolute atomic E-state index is 12.5. The molecule has 0 bridgehead atoms. The summed E-state index contributed by atoms with van der Waals surface area (Å²) in [6.07, 6.45) is 0. The number of aromatic nitrogens is 1. The second-order valence-corrected chi connectivity index (χ2v) is 8.83. The maximum atomic E-state index is 12.5. The molecule has 0 saturated heterocycles. The molecular formula is C19H18N4O4S2. The molecule has 3 N–H and O–H groups in total. The van der Waals surface area contributed by atoms with E-state index in [1.165, 1.54) is 42.6 Å². The molecule has 0 aliphatic carbocycles. The molecule has 8 nitrogen and oxygen atoms in total. The Labute approximate surface area is 172 Å². The van der Waals surface area contributed by atoms with Crippen LogP contribution in [0.1, 0.15) is 25.7 Å². The normalized spacial score (nSPS) is 11.1. The summed E-state index contributed by atoms with van der Waals surface area (Å²) in [5, 5.41) is 0.699. The summed E-state index contributed by atoms with van der Waals surface area (Å²) in [7, 11) is -2.40. The minimum absolute atomic E-state index is 0.0511. The van der Waals surface area contributed by atoms with Gasteiger partial charge in [-0.25, -0.2) is 18.1 Å². The van der Waals surface area contributed by atoms with E-state index in [-0.39, 0.29) is 10.5 Å². The summed E-state index contributed by atoms with van der Waals surface area (Å²) < 4.78 is 25.9. The summed E-state index contributed by atoms with van der Waals surface area (Å²) in [5.41, 5.74) is 6.17. The molecule has 0 radical (unpaired) electrons. The molecule has 1 aromatic heterocycles. The number of carbonyl (C=O) groups excluding carboxylic acids is 2. The minimum Gasteiger partial charge on any atom is -0.267 e. The molecule has 0 unspecified atom stereocenters. The lowest BCUT2D eigenvalue weighted by Crippen LogP contribution is -2.41. The van der Waals surface area contributed by atoms with Crippen molar-refractivity contribution >= 4 is 33.2 Å². The molecule has 2 amide bonds. The summed E-state index contributed by atoms with van der Waals surface area (Å²) in [4.78, 5) is 29.5. The van der Waals surface area contributed by atoms with Gasteiger partial charge >= 0.3 is 0 Å². The Morgan fingerprint density at radius 3 is 2.34 bits per heavy atom. The molecule has 2 aromatic carbocycles. The van der Waals surface area contributed by atoms with Gasteiger partial charge in [0.2, 0.25) is 10.0 Å². The molecule has 3 aromatic rings. The molecule has 0 aliphatic rings. The van der Waals surface area contributed by atoms with Crippen molar-refractivity contribution < 1.29 is 18.0 Å². The number of carbonyl (C=O) groups is 2. The van der Waals surface area contributed by atoms with Crippen molar-refractivity contribution in [1.29, 1.82) is 0 Å². The highest BCUT2D eigenvalue weighted by molar-refractivity contribution is 7.89. The van der Waals surface area contributed by atoms with E-state index < -0.39 is 21.8 Å². The number of aryl methyl sites for hydroxylation is 1. The number of amides is 2. The predicted molar refractivity (Wildman–Crippen MR) is 110 cm³/mol. The van der Waals surface area contributed by atoms with Crippen LogP contribution in [0.2, 0.25) is 0 Å². The Balaban J connectivity index is 1.71. The smallest absolute Gasteiger partial charge is 0.267 e. The van der Waals surface area contributed by atoms with E-state index >= 15 is 0 Å². The molecule has 1 heterocycles. The van der Waals surface area contributed by atoms with Crippen molar-refractivity contribution in [3.63, 3.8) is 0 Å². The summed E-state index contributed by atoms with van der Waals surface area (Å²) >= 11 is 1.21. The van der Waals surface area contributed by atoms with Crippen LogP contribution in [0.4, 0.5) is 0 Å². The second-order valence-electron chi connectivity index (χ2n) is 5.94. The Kier molecular flexibility index (Phi) is 6.06. The molecule has 10 heteroatoms. The zero-order chi connectivity index (χ0) is 21.0. The van der Waals surface area contributed by atoms with Gasteiger partial charge in [0.25, 0.3) is 11.8 Å². The van der Waals surface area contributed by atoms with Crippen LogP contribution in [0.15, 0.2) is 59.5 Å². The third-order valence-electron chi connectivity index (χ3n) is 3.99. The Bertz CT molecular complexity index is 1160. The summed E-state index contributed by atoms with van der Waals surface area (Å²) in [6, 6.07) is 14.9. The second kappa shape index (κ2) is 8.52. The lowest BCUT2D eigenvalue weighted by molar-refractivity contribution is 0.0848. The number of rotatable bonds is 5. The minimum atomic E-state index is -3.68. The first-order chi connectivity index (χ1) is 13.8. The van der Waals surface area contributed by atoms with Gasteiger partial charge in [0.05, 0.1) is 10.6 Å². The maximum Gasteiger partial charge on any atom is 0.281 e. The van der Waals surface area contributed by atoms with Gasteiger partial charge in [0.1, 0.15) is 9.88 Å². The first-order valence-corrected chi connectivity index (χ1v) is 10.8. The highest BCUT2D eigenvalue weighted by Crippen LogP contribution is 2.27. The molecule has 0 saturated carbocycles. The Morgan fingerprint density at radius 1 is 0.966 bits per heavy atom. The van der Waals surface area contributed by atoms with Crippen LogP contribution in [0, 0.1) is 6.92 Å². The van der Waals surface area contributed by atoms with Gasteiger partial charge in [0, 0.05) is 11.1 Å². The highest BCUT2D eigenvalue weighted by atomic mass is 32.2. The zero-order valence-corrected chi connectivity index (χ0v) is 17.2. The fourth-order valence-corrected chi connectivity index (χ4v) is 4.22. The van der Waals surface area contributed by atoms with Crippen LogP contribution < -0.4 is 15.6 Å². The van der Waals surface area contributed by atoms with Crippen molar-refractivity contribution in [2.24, 2.45) is 0 Å². The van der Waals surface area contributed by atoms with Gasteiger partial charge in [-0.3, -0.25) is 20.4 Å². The molecule has 0 spiro atoms. The number of hydrogen-bond acceptors (Lipinski definition) is 6. The molecule has 0 aliphatic heterocycles. The first kappa shape index (κ1) is 20.6. The number of hydrogen-bond donors (Lipinski definition) is 3. The van der Waals surface area contributed by atoms with Crippen LogP contribution >= 0.6 is 11.3 Å². The number of sulfonamides is 1. The average molecular weight is 431 g/mol. The fraction of sp³-hybridized carbons (Fsp3) is 0.105. The largest absolute Gasteiger partial charge is 0.281 e. The lowest BCUT2D eigenvalue weighted by atomic mass is 10.2. The van der Waals surface area contributed by atoms with E-state index in [4.69, 9.17) is 0 Å². The summed E-state index contributed by atoms with van der Waals surface area (Å²) in [5.74, 6) is -1.15. The quantitative estimate of drug-likeness (QED) is 0.536. The monoisotopic (exact) mass is 430 g/mol. The van der Waals surface area contributed by atoms with Gasteiger partial charge in [-0.2, -0.15) is 0 Å². The van der Waals surface area contributed by atoms with Gasteiger partial charge in [-0.15, -0.1) is 11.3 Å². The Morgan fingerprint density at radius 2 is 1.66 bits per heavy atom. The Hall–Kier alpha value is -3.08. The third-order valence-corrected chi connectivity index (χ3v) is 6.61. The fourth-order valence-electron chi connectivity index (χ4n) is 2.48. The molecule has 0 atom stereocenters. The zero-order valence-electron chi connectivity index (χ0n) is 15.6. The summed E-state index contributed by atoms with van der Waals surface area (Å²) in [6.45, 7) is 1.71. The SMILES string of the molecule is CNS(=O)(=O)c1cccc(C(=O)NNC(=O)c2sc(-c3ccccc3)nc2C)c1. The van der Waals surface area contributed by atoms with Crippen LogP contribution in [-0.2, 0) is 10.0 Å². The standard InChI is InChI=1S/C19H18N4O4S2/c1-12-16(28-19(21-12)13-7-4-3-5-8-13)18(25)23-22-17(24)14-9-6-10-15(11-14)29(26,27)20-2/h3-11,20H,1-2H3,(H,22,24)(H,23,25). The number of hydrazine groups is 1. The van der Waals surface area contributed by atoms with E-state index in [0.29, 0.717) is 15.6 Å². The molecule has 3 rings (SSSR count). The average Bonchev–Trinajstić information content (AvgIpc) is 3.14. The third kappa shape index (κ3) is 4.67. The number of thiazole rings is 1. The van der Waals surface area contributed by atoms with Crippen molar-refractivity contribution in [3.05, 3.63) is 70.7 Å². The van der Waals surface area contributed by atoms with Gasteiger partial charge in [-0.1, -0.05) is 36.4 Å². The van der Waals surface area contributed by atoms with E-state index in [2.05, 4.69) is 20.6 Å². The van der Waals surface area contributed by atoms with E-state index in [0.717, 1.165) is 5.56 Å². The van der Waals surface area contributed by atoms with Crippen LogP contribution in [0.3, 0.4) is 0 Å². The van der Waals surface area contributed by atoms with Crippen molar-refractivity contribution in [2.45, 2.75) is 11.8 Å². The van der Waals surface area contributed by atoms with Gasteiger partial charge in [0.15, 0.2) is 0 Å². The van der Waals surface area contributed by atoms with Crippen molar-refractivity contribution in [2.75, 3.05) is 7.05 Å². The number of nitrogens with one attached hydrogen (secondary N) is 3. The van der Waals surface area contributed by atoms with Gasteiger partial charge < -0.3 is 0 Å². The molecule has 150 valence electrons. The van der Waals surface area contributed by atoms with Crippen LogP contribution in [-0.4, -0.2) is 32.3 Å². The molecule has 29 heavy (non-hydrogen) atoms. The predicted octanol–water partition coefficient (Wildman–Crippen LogP) is 2.10.